The molecule has 1 fully saturated rings. The summed E-state index contributed by atoms with van der Waals surface area (Å²) in [6, 6.07) is 10.5. The van der Waals surface area contributed by atoms with E-state index in [1.54, 1.807) is 11.1 Å². The van der Waals surface area contributed by atoms with Crippen molar-refractivity contribution >= 4 is 0 Å². The van der Waals surface area contributed by atoms with Gasteiger partial charge in [0.05, 0.1) is 0 Å². The summed E-state index contributed by atoms with van der Waals surface area (Å²) >= 11 is 0. The zero-order valence-corrected chi connectivity index (χ0v) is 12.1. The van der Waals surface area contributed by atoms with Crippen molar-refractivity contribution in [1.82, 2.24) is 10.2 Å². The van der Waals surface area contributed by atoms with Gasteiger partial charge in [0.1, 0.15) is 0 Å². The van der Waals surface area contributed by atoms with E-state index in [1.807, 2.05) is 0 Å². The number of hydrogen-bond acceptors (Lipinski definition) is 2. The molecule has 1 aliphatic heterocycles. The minimum atomic E-state index is 0.752. The number of nitrogens with zero attached hydrogens (tertiary/aromatic N) is 1. The molecule has 2 aliphatic rings. The lowest BCUT2D eigenvalue weighted by atomic mass is 9.90. The van der Waals surface area contributed by atoms with Crippen LogP contribution in [0.2, 0.25) is 0 Å². The van der Waals surface area contributed by atoms with E-state index < -0.39 is 0 Å². The van der Waals surface area contributed by atoms with E-state index >= 15 is 0 Å². The number of benzene rings is 1. The molecule has 1 saturated carbocycles. The highest BCUT2D eigenvalue weighted by Crippen LogP contribution is 2.30. The molecule has 2 unspecified atom stereocenters. The van der Waals surface area contributed by atoms with Crippen LogP contribution >= 0.6 is 0 Å². The van der Waals surface area contributed by atoms with Gasteiger partial charge in [0.25, 0.3) is 0 Å². The lowest BCUT2D eigenvalue weighted by Gasteiger charge is -2.35. The van der Waals surface area contributed by atoms with Crippen LogP contribution in [0.3, 0.4) is 0 Å². The molecule has 2 atom stereocenters. The minimum absolute atomic E-state index is 0.752. The zero-order valence-electron chi connectivity index (χ0n) is 12.1. The Morgan fingerprint density at radius 3 is 2.58 bits per heavy atom. The molecule has 1 heterocycles. The van der Waals surface area contributed by atoms with Crippen LogP contribution in [-0.2, 0) is 13.1 Å². The summed E-state index contributed by atoms with van der Waals surface area (Å²) in [6.07, 6.45) is 6.73. The van der Waals surface area contributed by atoms with Gasteiger partial charge >= 0.3 is 0 Å². The first-order valence-corrected chi connectivity index (χ1v) is 7.91. The molecule has 0 aromatic heterocycles. The fourth-order valence-electron chi connectivity index (χ4n) is 3.65. The van der Waals surface area contributed by atoms with Gasteiger partial charge in [-0.3, -0.25) is 4.90 Å². The maximum Gasteiger partial charge on any atom is 0.0243 e. The molecule has 2 heteroatoms. The third-order valence-electron chi connectivity index (χ3n) is 4.71. The van der Waals surface area contributed by atoms with Crippen LogP contribution in [-0.4, -0.2) is 23.5 Å². The quantitative estimate of drug-likeness (QED) is 0.891. The van der Waals surface area contributed by atoms with Crippen molar-refractivity contribution < 1.29 is 0 Å². The van der Waals surface area contributed by atoms with Crippen molar-refractivity contribution in [2.75, 3.05) is 6.54 Å². The van der Waals surface area contributed by atoms with E-state index in [9.17, 15) is 0 Å². The van der Waals surface area contributed by atoms with Crippen molar-refractivity contribution in [3.05, 3.63) is 35.4 Å². The first kappa shape index (κ1) is 13.1. The van der Waals surface area contributed by atoms with Gasteiger partial charge in [-0.25, -0.2) is 0 Å². The van der Waals surface area contributed by atoms with Crippen LogP contribution in [0.15, 0.2) is 24.3 Å². The van der Waals surface area contributed by atoms with E-state index in [1.165, 1.54) is 51.7 Å². The molecule has 0 bridgehead atoms. The zero-order chi connectivity index (χ0) is 13.1. The molecule has 0 saturated heterocycles. The average molecular weight is 258 g/mol. The summed E-state index contributed by atoms with van der Waals surface area (Å²) in [4.78, 5) is 2.70. The summed E-state index contributed by atoms with van der Waals surface area (Å²) in [7, 11) is 0. The van der Waals surface area contributed by atoms with Crippen molar-refractivity contribution in [3.8, 4) is 0 Å². The van der Waals surface area contributed by atoms with E-state index in [0.717, 1.165) is 12.1 Å². The second-order valence-corrected chi connectivity index (χ2v) is 6.15. The molecule has 1 aliphatic carbocycles. The van der Waals surface area contributed by atoms with E-state index in [0.29, 0.717) is 0 Å². The van der Waals surface area contributed by atoms with Crippen molar-refractivity contribution in [3.63, 3.8) is 0 Å². The lowest BCUT2D eigenvalue weighted by molar-refractivity contribution is 0.139. The average Bonchev–Trinajstić information content (AvgIpc) is 2.89. The van der Waals surface area contributed by atoms with Gasteiger partial charge in [0, 0.05) is 25.2 Å². The van der Waals surface area contributed by atoms with Gasteiger partial charge in [0.2, 0.25) is 0 Å². The summed E-state index contributed by atoms with van der Waals surface area (Å²) < 4.78 is 0. The Balaban J connectivity index is 1.58. The standard InChI is InChI=1S/C17H26N2/c1-2-10-18-16-8-5-9-17(11-16)19-12-14-6-3-4-7-15(14)13-19/h3-4,6-7,16-18H,2,5,8-13H2,1H3. The molecule has 104 valence electrons. The highest BCUT2D eigenvalue weighted by atomic mass is 15.2. The Morgan fingerprint density at radius 1 is 1.16 bits per heavy atom. The fraction of sp³-hybridized carbons (Fsp3) is 0.647. The normalized spacial score (nSPS) is 27.4. The Kier molecular flexibility index (Phi) is 4.19. The van der Waals surface area contributed by atoms with Gasteiger partial charge < -0.3 is 5.32 Å². The summed E-state index contributed by atoms with van der Waals surface area (Å²) in [5.74, 6) is 0. The molecule has 3 rings (SSSR count). The number of fused-ring (bicyclic) bond motifs is 1. The summed E-state index contributed by atoms with van der Waals surface area (Å²) in [5, 5.41) is 3.72. The van der Waals surface area contributed by atoms with Crippen LogP contribution in [0, 0.1) is 0 Å². The smallest absolute Gasteiger partial charge is 0.0243 e. The molecule has 1 N–H and O–H groups in total. The topological polar surface area (TPSA) is 15.3 Å². The van der Waals surface area contributed by atoms with Crippen LogP contribution < -0.4 is 5.32 Å². The van der Waals surface area contributed by atoms with Gasteiger partial charge in [0.15, 0.2) is 0 Å². The van der Waals surface area contributed by atoms with Gasteiger partial charge in [-0.2, -0.15) is 0 Å². The van der Waals surface area contributed by atoms with Crippen LogP contribution in [0.5, 0.6) is 0 Å². The molecule has 2 nitrogen and oxygen atoms in total. The van der Waals surface area contributed by atoms with E-state index in [-0.39, 0.29) is 0 Å². The number of hydrogen-bond donors (Lipinski definition) is 1. The second kappa shape index (κ2) is 6.06. The van der Waals surface area contributed by atoms with Crippen molar-refractivity contribution in [2.24, 2.45) is 0 Å². The number of nitrogens with one attached hydrogen (secondary N) is 1. The summed E-state index contributed by atoms with van der Waals surface area (Å²) in [6.45, 7) is 5.77. The maximum atomic E-state index is 3.72. The molecule has 1 aromatic carbocycles. The Morgan fingerprint density at radius 2 is 1.89 bits per heavy atom. The van der Waals surface area contributed by atoms with Crippen LogP contribution in [0.4, 0.5) is 0 Å². The van der Waals surface area contributed by atoms with Crippen molar-refractivity contribution in [2.45, 2.75) is 64.2 Å². The fourth-order valence-corrected chi connectivity index (χ4v) is 3.65. The SMILES string of the molecule is CCCNC1CCCC(N2Cc3ccccc3C2)C1. The molecule has 0 amide bonds. The molecular formula is C17H26N2. The minimum Gasteiger partial charge on any atom is -0.314 e. The predicted octanol–water partition coefficient (Wildman–Crippen LogP) is 3.31. The Bertz CT molecular complexity index is 390. The van der Waals surface area contributed by atoms with E-state index in [2.05, 4.69) is 41.4 Å². The van der Waals surface area contributed by atoms with Crippen molar-refractivity contribution in [1.29, 1.82) is 0 Å². The monoisotopic (exact) mass is 258 g/mol. The molecule has 19 heavy (non-hydrogen) atoms. The summed E-state index contributed by atoms with van der Waals surface area (Å²) in [5.41, 5.74) is 3.09. The molecular weight excluding hydrogens is 232 g/mol. The first-order chi connectivity index (χ1) is 9.36. The predicted molar refractivity (Wildman–Crippen MR) is 80.0 cm³/mol. The second-order valence-electron chi connectivity index (χ2n) is 6.15. The highest BCUT2D eigenvalue weighted by Gasteiger charge is 2.29. The van der Waals surface area contributed by atoms with Crippen LogP contribution in [0.25, 0.3) is 0 Å². The number of rotatable bonds is 4. The third kappa shape index (κ3) is 3.01. The molecule has 0 radical (unpaired) electrons. The van der Waals surface area contributed by atoms with Gasteiger partial charge in [-0.15, -0.1) is 0 Å². The first-order valence-electron chi connectivity index (χ1n) is 7.91. The van der Waals surface area contributed by atoms with Gasteiger partial charge in [-0.1, -0.05) is 37.6 Å². The Hall–Kier alpha value is -0.860. The highest BCUT2D eigenvalue weighted by molar-refractivity contribution is 5.30. The lowest BCUT2D eigenvalue weighted by Crippen LogP contribution is -2.42. The van der Waals surface area contributed by atoms with Gasteiger partial charge in [-0.05, 0) is 43.4 Å². The van der Waals surface area contributed by atoms with Crippen LogP contribution in [0.1, 0.15) is 50.2 Å². The van der Waals surface area contributed by atoms with E-state index in [4.69, 9.17) is 0 Å². The Labute approximate surface area is 117 Å². The maximum absolute atomic E-state index is 3.72. The molecule has 0 spiro atoms. The molecule has 1 aromatic rings. The third-order valence-corrected chi connectivity index (χ3v) is 4.71. The largest absolute Gasteiger partial charge is 0.314 e.